The van der Waals surface area contributed by atoms with Crippen molar-refractivity contribution in [2.75, 3.05) is 5.32 Å². The van der Waals surface area contributed by atoms with Crippen LogP contribution in [-0.4, -0.2) is 21.6 Å². The van der Waals surface area contributed by atoms with Gasteiger partial charge in [0, 0.05) is 17.4 Å². The minimum atomic E-state index is -0.495. The van der Waals surface area contributed by atoms with Crippen LogP contribution in [0.4, 0.5) is 5.69 Å². The molecule has 0 saturated carbocycles. The highest BCUT2D eigenvalue weighted by atomic mass is 79.9. The maximum Gasteiger partial charge on any atom is 0.248 e. The van der Waals surface area contributed by atoms with Gasteiger partial charge in [-0.1, -0.05) is 6.92 Å². The molecule has 21 heavy (non-hydrogen) atoms. The van der Waals surface area contributed by atoms with E-state index in [0.29, 0.717) is 17.8 Å². The van der Waals surface area contributed by atoms with Crippen molar-refractivity contribution in [1.82, 2.24) is 9.78 Å². The van der Waals surface area contributed by atoms with Crippen molar-refractivity contribution in [1.29, 1.82) is 0 Å². The number of carbonyl (C=O) groups excluding carboxylic acids is 2. The first-order chi connectivity index (χ1) is 9.95. The number of hydrogen-bond donors (Lipinski definition) is 2. The highest BCUT2D eigenvalue weighted by Gasteiger charge is 2.14. The summed E-state index contributed by atoms with van der Waals surface area (Å²) in [5.41, 5.74) is 6.19. The van der Waals surface area contributed by atoms with Gasteiger partial charge in [-0.2, -0.15) is 5.10 Å². The number of halogens is 1. The molecule has 2 aromatic rings. The Labute approximate surface area is 130 Å². The second-order valence-electron chi connectivity index (χ2n) is 4.71. The van der Waals surface area contributed by atoms with E-state index in [2.05, 4.69) is 26.3 Å². The predicted octanol–water partition coefficient (Wildman–Crippen LogP) is 2.02. The van der Waals surface area contributed by atoms with Crippen LogP contribution in [0.25, 0.3) is 0 Å². The molecule has 0 aliphatic carbocycles. The van der Waals surface area contributed by atoms with Crippen molar-refractivity contribution < 1.29 is 9.59 Å². The Bertz CT molecular complexity index is 651. The van der Waals surface area contributed by atoms with Crippen LogP contribution in [0.1, 0.15) is 17.3 Å². The van der Waals surface area contributed by atoms with E-state index < -0.39 is 5.91 Å². The highest BCUT2D eigenvalue weighted by molar-refractivity contribution is 9.10. The molecule has 0 spiro atoms. The second kappa shape index (κ2) is 6.53. The quantitative estimate of drug-likeness (QED) is 0.864. The molecule has 1 aromatic carbocycles. The normalized spacial score (nSPS) is 11.9. The molecule has 2 rings (SSSR count). The van der Waals surface area contributed by atoms with Crippen molar-refractivity contribution >= 4 is 33.4 Å². The van der Waals surface area contributed by atoms with E-state index in [4.69, 9.17) is 5.73 Å². The van der Waals surface area contributed by atoms with Crippen molar-refractivity contribution in [3.8, 4) is 0 Å². The monoisotopic (exact) mass is 350 g/mol. The number of nitrogens with one attached hydrogen (secondary N) is 1. The smallest absolute Gasteiger partial charge is 0.248 e. The van der Waals surface area contributed by atoms with Crippen LogP contribution < -0.4 is 11.1 Å². The number of carbonyl (C=O) groups is 2. The van der Waals surface area contributed by atoms with Crippen LogP contribution in [0.5, 0.6) is 0 Å². The molecule has 1 atom stereocenters. The zero-order valence-corrected chi connectivity index (χ0v) is 13.0. The van der Waals surface area contributed by atoms with E-state index >= 15 is 0 Å². The van der Waals surface area contributed by atoms with Crippen LogP contribution in [0, 0.1) is 5.92 Å². The number of anilines is 1. The van der Waals surface area contributed by atoms with E-state index in [0.717, 1.165) is 4.47 Å². The standard InChI is InChI=1S/C14H15BrN4O2/c1-9(7-19-8-11(15)6-17-19)14(21)18-12-4-2-10(3-5-12)13(16)20/h2-6,8-9H,7H2,1H3,(H2,16,20)(H,18,21)/t9-/m0/s1. The maximum absolute atomic E-state index is 12.1. The number of aromatic nitrogens is 2. The fourth-order valence-electron chi connectivity index (χ4n) is 1.78. The largest absolute Gasteiger partial charge is 0.366 e. The van der Waals surface area contributed by atoms with Crippen molar-refractivity contribution in [2.45, 2.75) is 13.5 Å². The molecule has 0 radical (unpaired) electrons. The van der Waals surface area contributed by atoms with Crippen molar-refractivity contribution in [3.05, 3.63) is 46.7 Å². The molecule has 0 aliphatic rings. The number of nitrogens with zero attached hydrogens (tertiary/aromatic N) is 2. The van der Waals surface area contributed by atoms with E-state index in [1.807, 2.05) is 13.1 Å². The van der Waals surface area contributed by atoms with E-state index in [9.17, 15) is 9.59 Å². The van der Waals surface area contributed by atoms with Crippen LogP contribution in [0.2, 0.25) is 0 Å². The first kappa shape index (κ1) is 15.2. The summed E-state index contributed by atoms with van der Waals surface area (Å²) in [5, 5.41) is 6.91. The minimum absolute atomic E-state index is 0.117. The Morgan fingerprint density at radius 1 is 1.38 bits per heavy atom. The fraction of sp³-hybridized carbons (Fsp3) is 0.214. The molecule has 1 heterocycles. The molecule has 1 aromatic heterocycles. The van der Waals surface area contributed by atoms with Gasteiger partial charge in [0.15, 0.2) is 0 Å². The van der Waals surface area contributed by atoms with Gasteiger partial charge in [0.1, 0.15) is 0 Å². The molecule has 0 aliphatic heterocycles. The predicted molar refractivity (Wildman–Crippen MR) is 82.7 cm³/mol. The second-order valence-corrected chi connectivity index (χ2v) is 5.63. The summed E-state index contributed by atoms with van der Waals surface area (Å²) in [6, 6.07) is 6.45. The number of nitrogens with two attached hydrogens (primary N) is 1. The van der Waals surface area contributed by atoms with E-state index in [1.165, 1.54) is 0 Å². The van der Waals surface area contributed by atoms with Crippen molar-refractivity contribution in [2.24, 2.45) is 11.7 Å². The summed E-state index contributed by atoms with van der Waals surface area (Å²) in [5.74, 6) is -0.855. The molecule has 2 amide bonds. The Morgan fingerprint density at radius 3 is 2.57 bits per heavy atom. The molecule has 7 heteroatoms. The van der Waals surface area contributed by atoms with Gasteiger partial charge in [0.2, 0.25) is 11.8 Å². The molecular formula is C14H15BrN4O2. The maximum atomic E-state index is 12.1. The zero-order valence-electron chi connectivity index (χ0n) is 11.4. The van der Waals surface area contributed by atoms with Gasteiger partial charge in [-0.3, -0.25) is 14.3 Å². The minimum Gasteiger partial charge on any atom is -0.366 e. The lowest BCUT2D eigenvalue weighted by molar-refractivity contribution is -0.119. The van der Waals surface area contributed by atoms with Gasteiger partial charge in [0.25, 0.3) is 0 Å². The molecule has 6 nitrogen and oxygen atoms in total. The van der Waals surface area contributed by atoms with Gasteiger partial charge in [-0.15, -0.1) is 0 Å². The molecular weight excluding hydrogens is 336 g/mol. The Morgan fingerprint density at radius 2 is 2.05 bits per heavy atom. The number of amides is 2. The average molecular weight is 351 g/mol. The first-order valence-corrected chi connectivity index (χ1v) is 7.13. The summed E-state index contributed by atoms with van der Waals surface area (Å²) >= 11 is 3.31. The van der Waals surface area contributed by atoms with Gasteiger partial charge >= 0.3 is 0 Å². The molecule has 3 N–H and O–H groups in total. The Kier molecular flexibility index (Phi) is 4.74. The van der Waals surface area contributed by atoms with Gasteiger partial charge in [-0.25, -0.2) is 0 Å². The average Bonchev–Trinajstić information content (AvgIpc) is 2.84. The van der Waals surface area contributed by atoms with Crippen molar-refractivity contribution in [3.63, 3.8) is 0 Å². The van der Waals surface area contributed by atoms with Crippen LogP contribution in [0.3, 0.4) is 0 Å². The van der Waals surface area contributed by atoms with E-state index in [1.54, 1.807) is 35.1 Å². The molecule has 0 bridgehead atoms. The Hall–Kier alpha value is -2.15. The Balaban J connectivity index is 1.95. The summed E-state index contributed by atoms with van der Waals surface area (Å²) in [6.45, 7) is 2.31. The number of rotatable bonds is 5. The summed E-state index contributed by atoms with van der Waals surface area (Å²) in [6.07, 6.45) is 3.48. The lowest BCUT2D eigenvalue weighted by Gasteiger charge is -2.12. The number of benzene rings is 1. The third kappa shape index (κ3) is 4.16. The van der Waals surface area contributed by atoms with E-state index in [-0.39, 0.29) is 11.8 Å². The highest BCUT2D eigenvalue weighted by Crippen LogP contribution is 2.13. The zero-order chi connectivity index (χ0) is 15.4. The summed E-state index contributed by atoms with van der Waals surface area (Å²) in [4.78, 5) is 23.1. The third-order valence-electron chi connectivity index (χ3n) is 2.95. The molecule has 0 saturated heterocycles. The molecule has 110 valence electrons. The summed E-state index contributed by atoms with van der Waals surface area (Å²) in [7, 11) is 0. The van der Waals surface area contributed by atoms with Crippen LogP contribution in [-0.2, 0) is 11.3 Å². The summed E-state index contributed by atoms with van der Waals surface area (Å²) < 4.78 is 2.57. The fourth-order valence-corrected chi connectivity index (χ4v) is 2.11. The van der Waals surface area contributed by atoms with Gasteiger partial charge < -0.3 is 11.1 Å². The molecule has 0 unspecified atom stereocenters. The van der Waals surface area contributed by atoms with Gasteiger partial charge in [0.05, 0.1) is 23.1 Å². The first-order valence-electron chi connectivity index (χ1n) is 6.34. The van der Waals surface area contributed by atoms with Crippen LogP contribution >= 0.6 is 15.9 Å². The van der Waals surface area contributed by atoms with Gasteiger partial charge in [-0.05, 0) is 40.2 Å². The number of primary amides is 1. The molecule has 0 fully saturated rings. The lowest BCUT2D eigenvalue weighted by Crippen LogP contribution is -2.24. The topological polar surface area (TPSA) is 90.0 Å². The SMILES string of the molecule is C[C@@H](Cn1cc(Br)cn1)C(=O)Nc1ccc(C(N)=O)cc1. The number of hydrogen-bond acceptors (Lipinski definition) is 3. The third-order valence-corrected chi connectivity index (χ3v) is 3.36. The van der Waals surface area contributed by atoms with Crippen LogP contribution in [0.15, 0.2) is 41.1 Å². The lowest BCUT2D eigenvalue weighted by atomic mass is 10.1.